The molecule has 170 valence electrons. The summed E-state index contributed by atoms with van der Waals surface area (Å²) in [5.74, 6) is 0.645. The van der Waals surface area contributed by atoms with Crippen molar-refractivity contribution >= 4 is 34.1 Å². The molecule has 9 nitrogen and oxygen atoms in total. The number of anilines is 1. The number of carbonyl (C=O) groups excluding carboxylic acids is 1. The van der Waals surface area contributed by atoms with Crippen molar-refractivity contribution in [3.63, 3.8) is 0 Å². The Hall–Kier alpha value is -3.85. The second-order valence-electron chi connectivity index (χ2n) is 7.39. The summed E-state index contributed by atoms with van der Waals surface area (Å²) in [6, 6.07) is 12.2. The number of hydrogen-bond acceptors (Lipinski definition) is 6. The van der Waals surface area contributed by atoms with Crippen molar-refractivity contribution in [1.29, 1.82) is 0 Å². The lowest BCUT2D eigenvalue weighted by Crippen LogP contribution is -2.30. The summed E-state index contributed by atoms with van der Waals surface area (Å²) in [5, 5.41) is 12.6. The van der Waals surface area contributed by atoms with Crippen molar-refractivity contribution in [2.45, 2.75) is 20.4 Å². The topological polar surface area (TPSA) is 100 Å². The summed E-state index contributed by atoms with van der Waals surface area (Å²) < 4.78 is 13.3. The van der Waals surface area contributed by atoms with E-state index in [0.717, 1.165) is 10.4 Å². The maximum absolute atomic E-state index is 13.2. The van der Waals surface area contributed by atoms with Gasteiger partial charge in [-0.1, -0.05) is 11.6 Å². The Labute approximate surface area is 194 Å². The molecule has 0 bridgehead atoms. The second kappa shape index (κ2) is 8.95. The van der Waals surface area contributed by atoms with Crippen LogP contribution in [0.4, 0.5) is 5.69 Å². The summed E-state index contributed by atoms with van der Waals surface area (Å²) >= 11 is 5.98. The largest absolute Gasteiger partial charge is 0.497 e. The van der Waals surface area contributed by atoms with Crippen LogP contribution < -0.4 is 20.3 Å². The summed E-state index contributed by atoms with van der Waals surface area (Å²) in [6.07, 6.45) is 0. The zero-order valence-corrected chi connectivity index (χ0v) is 19.3. The number of fused-ring (bicyclic) bond motifs is 1. The number of rotatable bonds is 6. The molecule has 33 heavy (non-hydrogen) atoms. The van der Waals surface area contributed by atoms with Crippen LogP contribution in [0.25, 0.3) is 16.6 Å². The molecule has 0 radical (unpaired) electrons. The van der Waals surface area contributed by atoms with Gasteiger partial charge < -0.3 is 14.8 Å². The van der Waals surface area contributed by atoms with Gasteiger partial charge in [-0.3, -0.25) is 9.59 Å². The van der Waals surface area contributed by atoms with Crippen LogP contribution in [0.3, 0.4) is 0 Å². The van der Waals surface area contributed by atoms with E-state index in [0.29, 0.717) is 44.5 Å². The van der Waals surface area contributed by atoms with E-state index in [4.69, 9.17) is 21.1 Å². The first-order valence-electron chi connectivity index (χ1n) is 10.1. The average Bonchev–Trinajstić information content (AvgIpc) is 3.15. The third kappa shape index (κ3) is 4.40. The Bertz CT molecular complexity index is 1390. The number of ether oxygens (including phenoxy) is 2. The molecule has 0 fully saturated rings. The predicted octanol–water partition coefficient (Wildman–Crippen LogP) is 3.51. The van der Waals surface area contributed by atoms with Crippen molar-refractivity contribution in [2.24, 2.45) is 0 Å². The van der Waals surface area contributed by atoms with Crippen LogP contribution in [0.15, 0.2) is 47.3 Å². The van der Waals surface area contributed by atoms with Crippen molar-refractivity contribution < 1.29 is 14.3 Å². The zero-order chi connectivity index (χ0) is 23.7. The molecule has 1 N–H and O–H groups in total. The molecule has 0 saturated heterocycles. The maximum Gasteiger partial charge on any atom is 0.278 e. The number of aryl methyl sites for hydroxylation is 2. The van der Waals surface area contributed by atoms with Crippen molar-refractivity contribution in [1.82, 2.24) is 19.6 Å². The number of amides is 1. The van der Waals surface area contributed by atoms with Crippen LogP contribution in [0.1, 0.15) is 11.4 Å². The molecular formula is C23H22ClN5O4. The molecule has 2 aromatic carbocycles. The van der Waals surface area contributed by atoms with Crippen LogP contribution in [-0.2, 0) is 11.3 Å². The molecule has 0 spiro atoms. The van der Waals surface area contributed by atoms with Gasteiger partial charge in [-0.25, -0.2) is 9.36 Å². The van der Waals surface area contributed by atoms with Gasteiger partial charge in [-0.2, -0.15) is 10.2 Å². The monoisotopic (exact) mass is 467 g/mol. The van der Waals surface area contributed by atoms with E-state index < -0.39 is 11.5 Å². The fraction of sp³-hybridized carbons (Fsp3) is 0.217. The highest BCUT2D eigenvalue weighted by molar-refractivity contribution is 6.30. The lowest BCUT2D eigenvalue weighted by Gasteiger charge is -2.11. The van der Waals surface area contributed by atoms with E-state index in [2.05, 4.69) is 15.5 Å². The Kier molecular flexibility index (Phi) is 6.06. The van der Waals surface area contributed by atoms with Gasteiger partial charge >= 0.3 is 0 Å². The van der Waals surface area contributed by atoms with Gasteiger partial charge in [0.05, 0.1) is 36.7 Å². The number of benzene rings is 2. The lowest BCUT2D eigenvalue weighted by atomic mass is 10.2. The van der Waals surface area contributed by atoms with E-state index in [1.54, 1.807) is 48.9 Å². The molecular weight excluding hydrogens is 446 g/mol. The van der Waals surface area contributed by atoms with Crippen LogP contribution in [0, 0.1) is 13.8 Å². The van der Waals surface area contributed by atoms with E-state index in [9.17, 15) is 9.59 Å². The molecule has 0 saturated carbocycles. The molecule has 4 rings (SSSR count). The Morgan fingerprint density at radius 2 is 1.67 bits per heavy atom. The second-order valence-corrected chi connectivity index (χ2v) is 7.83. The van der Waals surface area contributed by atoms with Gasteiger partial charge in [0.2, 0.25) is 5.91 Å². The molecule has 0 unspecified atom stereocenters. The molecule has 0 aliphatic carbocycles. The highest BCUT2D eigenvalue weighted by Crippen LogP contribution is 2.26. The number of nitrogens with one attached hydrogen (secondary N) is 1. The third-order valence-corrected chi connectivity index (χ3v) is 5.43. The van der Waals surface area contributed by atoms with Crippen LogP contribution >= 0.6 is 11.6 Å². The molecule has 2 heterocycles. The fourth-order valence-electron chi connectivity index (χ4n) is 3.57. The number of nitrogens with zero attached hydrogens (tertiary/aromatic N) is 4. The minimum absolute atomic E-state index is 0.263. The standard InChI is InChI=1S/C23H22ClN5O4/c1-13-22-21(14(2)29(27-22)17-7-5-15(24)6-8-17)23(31)28(26-13)12-20(30)25-16-9-18(32-3)11-19(10-16)33-4/h5-11H,12H2,1-4H3,(H,25,30). The number of hydrogen-bond donors (Lipinski definition) is 1. The number of halogens is 1. The first-order chi connectivity index (χ1) is 15.8. The van der Waals surface area contributed by atoms with Crippen molar-refractivity contribution in [3.05, 3.63) is 69.2 Å². The fourth-order valence-corrected chi connectivity index (χ4v) is 3.70. The highest BCUT2D eigenvalue weighted by Gasteiger charge is 2.19. The third-order valence-electron chi connectivity index (χ3n) is 5.18. The lowest BCUT2D eigenvalue weighted by molar-refractivity contribution is -0.117. The zero-order valence-electron chi connectivity index (χ0n) is 18.5. The summed E-state index contributed by atoms with van der Waals surface area (Å²) in [6.45, 7) is 3.29. The summed E-state index contributed by atoms with van der Waals surface area (Å²) in [7, 11) is 3.04. The Morgan fingerprint density at radius 3 is 2.27 bits per heavy atom. The van der Waals surface area contributed by atoms with Crippen molar-refractivity contribution in [2.75, 3.05) is 19.5 Å². The minimum Gasteiger partial charge on any atom is -0.497 e. The Balaban J connectivity index is 1.67. The normalized spacial score (nSPS) is 10.9. The van der Waals surface area contributed by atoms with Crippen LogP contribution in [-0.4, -0.2) is 39.7 Å². The summed E-state index contributed by atoms with van der Waals surface area (Å²) in [5.41, 5.74) is 2.52. The highest BCUT2D eigenvalue weighted by atomic mass is 35.5. The van der Waals surface area contributed by atoms with Gasteiger partial charge in [0.25, 0.3) is 5.56 Å². The quantitative estimate of drug-likeness (QED) is 0.465. The first-order valence-corrected chi connectivity index (χ1v) is 10.4. The van der Waals surface area contributed by atoms with E-state index in [1.807, 2.05) is 12.1 Å². The van der Waals surface area contributed by atoms with Gasteiger partial charge in [0.15, 0.2) is 0 Å². The molecule has 10 heteroatoms. The molecule has 2 aromatic heterocycles. The predicted molar refractivity (Wildman–Crippen MR) is 126 cm³/mol. The van der Waals surface area contributed by atoms with Gasteiger partial charge in [0.1, 0.15) is 23.6 Å². The van der Waals surface area contributed by atoms with Gasteiger partial charge in [0, 0.05) is 28.9 Å². The number of methoxy groups -OCH3 is 2. The van der Waals surface area contributed by atoms with Crippen LogP contribution in [0.5, 0.6) is 11.5 Å². The average molecular weight is 468 g/mol. The number of aromatic nitrogens is 4. The number of carbonyl (C=O) groups is 1. The van der Waals surface area contributed by atoms with Gasteiger partial charge in [-0.05, 0) is 38.1 Å². The molecule has 4 aromatic rings. The first kappa shape index (κ1) is 22.3. The maximum atomic E-state index is 13.2. The van der Waals surface area contributed by atoms with E-state index >= 15 is 0 Å². The van der Waals surface area contributed by atoms with Crippen LogP contribution in [0.2, 0.25) is 5.02 Å². The molecule has 0 atom stereocenters. The Morgan fingerprint density at radius 1 is 1.03 bits per heavy atom. The molecule has 1 amide bonds. The molecule has 0 aliphatic heterocycles. The van der Waals surface area contributed by atoms with E-state index in [-0.39, 0.29) is 6.54 Å². The van der Waals surface area contributed by atoms with E-state index in [1.165, 1.54) is 14.2 Å². The smallest absolute Gasteiger partial charge is 0.278 e. The van der Waals surface area contributed by atoms with Crippen molar-refractivity contribution in [3.8, 4) is 17.2 Å². The van der Waals surface area contributed by atoms with Gasteiger partial charge in [-0.15, -0.1) is 0 Å². The summed E-state index contributed by atoms with van der Waals surface area (Å²) in [4.78, 5) is 25.9. The minimum atomic E-state index is -0.415. The SMILES string of the molecule is COc1cc(NC(=O)Cn2nc(C)c3nn(-c4ccc(Cl)cc4)c(C)c3c2=O)cc(OC)c1. The molecule has 0 aliphatic rings.